The topological polar surface area (TPSA) is 234 Å². The van der Waals surface area contributed by atoms with E-state index in [1.807, 2.05) is 20.8 Å². The second-order valence-electron chi connectivity index (χ2n) is 15.0. The van der Waals surface area contributed by atoms with Crippen LogP contribution in [0, 0.1) is 20.2 Å². The van der Waals surface area contributed by atoms with Gasteiger partial charge in [0.1, 0.15) is 60.6 Å². The monoisotopic (exact) mass is 834 g/mol. The molecule has 0 aromatic heterocycles. The molecular weight excluding hydrogens is 780 g/mol. The highest BCUT2D eigenvalue weighted by Gasteiger charge is 2.23. The van der Waals surface area contributed by atoms with Crippen molar-refractivity contribution in [1.29, 1.82) is 0 Å². The number of carbonyl (C=O) groups excluding carboxylic acids is 2. The van der Waals surface area contributed by atoms with Crippen LogP contribution in [0.4, 0.5) is 32.3 Å². The zero-order valence-corrected chi connectivity index (χ0v) is 34.7. The van der Waals surface area contributed by atoms with Gasteiger partial charge in [-0.2, -0.15) is 0 Å². The molecule has 0 saturated carbocycles. The van der Waals surface area contributed by atoms with E-state index < -0.39 is 33.2 Å². The average molecular weight is 835 g/mol. The lowest BCUT2D eigenvalue weighted by Gasteiger charge is -2.27. The van der Waals surface area contributed by atoms with E-state index in [4.69, 9.17) is 39.9 Å². The van der Waals surface area contributed by atoms with Crippen molar-refractivity contribution in [3.8, 4) is 23.0 Å². The highest BCUT2D eigenvalue weighted by molar-refractivity contribution is 5.68. The fourth-order valence-corrected chi connectivity index (χ4v) is 4.79. The van der Waals surface area contributed by atoms with E-state index in [0.717, 1.165) is 0 Å². The van der Waals surface area contributed by atoms with Crippen LogP contribution in [0.2, 0.25) is 0 Å². The summed E-state index contributed by atoms with van der Waals surface area (Å²) in [5.74, 6) is 2.25. The highest BCUT2D eigenvalue weighted by Crippen LogP contribution is 2.20. The Balaban J connectivity index is 0.000000323. The normalized spacial score (nSPS) is 10.9. The molecule has 4 aromatic rings. The number of amides is 2. The van der Waals surface area contributed by atoms with Gasteiger partial charge < -0.3 is 49.7 Å². The Hall–Kier alpha value is -6.98. The van der Waals surface area contributed by atoms with Crippen LogP contribution in [0.1, 0.15) is 41.5 Å². The minimum atomic E-state index is -0.687. The summed E-state index contributed by atoms with van der Waals surface area (Å²) in [4.78, 5) is 48.4. The molecule has 0 heterocycles. The molecule has 4 aromatic carbocycles. The third kappa shape index (κ3) is 18.5. The molecule has 18 nitrogen and oxygen atoms in total. The summed E-state index contributed by atoms with van der Waals surface area (Å²) in [7, 11) is 0. The van der Waals surface area contributed by atoms with Gasteiger partial charge in [0, 0.05) is 35.6 Å². The SMILES string of the molecule is CC(C)(C)OC(=O)N(CCOc1ccc(N)cc1)CCOc1ccc(N)cc1.CC(C)(C)OC(=O)N(CCOc1ccc([N+](=O)[O-])cc1)CCOc1ccc([N+](=O)[O-])cc1. The minimum Gasteiger partial charge on any atom is -0.492 e. The van der Waals surface area contributed by atoms with Gasteiger partial charge in [-0.1, -0.05) is 0 Å². The van der Waals surface area contributed by atoms with Crippen LogP contribution in [-0.4, -0.2) is 95.6 Å². The van der Waals surface area contributed by atoms with Crippen molar-refractivity contribution >= 4 is 34.9 Å². The van der Waals surface area contributed by atoms with Gasteiger partial charge in [0.15, 0.2) is 0 Å². The molecule has 0 radical (unpaired) electrons. The van der Waals surface area contributed by atoms with Gasteiger partial charge in [-0.3, -0.25) is 20.2 Å². The van der Waals surface area contributed by atoms with Gasteiger partial charge in [-0.25, -0.2) is 9.59 Å². The molecule has 0 atom stereocenters. The van der Waals surface area contributed by atoms with Crippen molar-refractivity contribution in [2.24, 2.45) is 0 Å². The number of carbonyl (C=O) groups is 2. The number of nitro benzene ring substituents is 2. The number of benzene rings is 4. The van der Waals surface area contributed by atoms with Crippen molar-refractivity contribution in [2.45, 2.75) is 52.7 Å². The Kier molecular flexibility index (Phi) is 18.0. The molecule has 0 spiro atoms. The number of nitrogens with zero attached hydrogens (tertiary/aromatic N) is 4. The number of hydrogen-bond donors (Lipinski definition) is 2. The van der Waals surface area contributed by atoms with Crippen LogP contribution in [-0.2, 0) is 9.47 Å². The van der Waals surface area contributed by atoms with Crippen molar-refractivity contribution in [1.82, 2.24) is 9.80 Å². The number of ether oxygens (including phenoxy) is 6. The number of hydrogen-bond acceptors (Lipinski definition) is 14. The lowest BCUT2D eigenvalue weighted by Crippen LogP contribution is -2.41. The van der Waals surface area contributed by atoms with Gasteiger partial charge in [-0.15, -0.1) is 0 Å². The standard InChI is InChI=1S/C21H25N3O8.C21H29N3O4/c1-21(2,3)32-20(25)22(12-14-30-18-8-4-16(5-9-18)23(26)27)13-15-31-19-10-6-17(7-11-19)24(28)29;1-21(2,3)28-20(25)24(12-14-26-18-8-4-16(22)5-9-18)13-15-27-19-10-6-17(23)7-11-19/h4-11H,12-15H2,1-3H3;4-11H,12-15,22-23H2,1-3H3. The average Bonchev–Trinajstić information content (AvgIpc) is 3.17. The first-order chi connectivity index (χ1) is 28.3. The van der Waals surface area contributed by atoms with E-state index in [2.05, 4.69) is 0 Å². The maximum atomic E-state index is 12.5. The quantitative estimate of drug-likeness (QED) is 0.0554. The summed E-state index contributed by atoms with van der Waals surface area (Å²) in [5.41, 5.74) is 11.3. The summed E-state index contributed by atoms with van der Waals surface area (Å²) < 4.78 is 33.4. The van der Waals surface area contributed by atoms with E-state index in [0.29, 0.717) is 60.7 Å². The summed E-state index contributed by atoms with van der Waals surface area (Å²) >= 11 is 0. The molecule has 4 N–H and O–H groups in total. The van der Waals surface area contributed by atoms with Gasteiger partial charge in [0.05, 0.1) is 36.0 Å². The number of non-ortho nitro benzene ring substituents is 2. The van der Waals surface area contributed by atoms with Crippen LogP contribution >= 0.6 is 0 Å². The smallest absolute Gasteiger partial charge is 0.410 e. The van der Waals surface area contributed by atoms with Crippen LogP contribution in [0.15, 0.2) is 97.1 Å². The Morgan fingerprint density at radius 1 is 0.483 bits per heavy atom. The van der Waals surface area contributed by atoms with Crippen molar-refractivity contribution in [3.05, 3.63) is 117 Å². The van der Waals surface area contributed by atoms with E-state index >= 15 is 0 Å². The molecule has 0 fully saturated rings. The zero-order chi connectivity index (χ0) is 44.3. The van der Waals surface area contributed by atoms with Crippen molar-refractivity contribution in [2.75, 3.05) is 64.1 Å². The molecule has 0 aliphatic heterocycles. The Labute approximate surface area is 349 Å². The van der Waals surface area contributed by atoms with E-state index in [1.165, 1.54) is 53.4 Å². The zero-order valence-electron chi connectivity index (χ0n) is 34.7. The minimum absolute atomic E-state index is 0.0453. The number of nitro groups is 2. The second-order valence-corrected chi connectivity index (χ2v) is 15.0. The van der Waals surface area contributed by atoms with E-state index in [-0.39, 0.29) is 37.7 Å². The molecule has 0 unspecified atom stereocenters. The van der Waals surface area contributed by atoms with Gasteiger partial charge >= 0.3 is 12.2 Å². The van der Waals surface area contributed by atoms with Gasteiger partial charge in [0.25, 0.3) is 11.4 Å². The lowest BCUT2D eigenvalue weighted by molar-refractivity contribution is -0.385. The van der Waals surface area contributed by atoms with Crippen LogP contribution in [0.5, 0.6) is 23.0 Å². The van der Waals surface area contributed by atoms with Gasteiger partial charge in [-0.05, 0) is 114 Å². The third-order valence-corrected chi connectivity index (χ3v) is 7.68. The molecule has 4 rings (SSSR count). The number of anilines is 2. The van der Waals surface area contributed by atoms with E-state index in [1.54, 1.807) is 74.2 Å². The largest absolute Gasteiger partial charge is 0.492 e. The third-order valence-electron chi connectivity index (χ3n) is 7.68. The molecule has 324 valence electrons. The maximum absolute atomic E-state index is 12.5. The molecule has 0 aliphatic rings. The second kappa shape index (κ2) is 22.8. The summed E-state index contributed by atoms with van der Waals surface area (Å²) in [6.45, 7) is 12.8. The molecule has 0 aliphatic carbocycles. The van der Waals surface area contributed by atoms with E-state index in [9.17, 15) is 29.8 Å². The molecular formula is C42H54N6O12. The maximum Gasteiger partial charge on any atom is 0.410 e. The fraction of sp³-hybridized carbons (Fsp3) is 0.381. The van der Waals surface area contributed by atoms with Crippen molar-refractivity contribution in [3.63, 3.8) is 0 Å². The molecule has 18 heteroatoms. The lowest BCUT2D eigenvalue weighted by atomic mass is 10.2. The predicted molar refractivity (Wildman–Crippen MR) is 225 cm³/mol. The number of nitrogen functional groups attached to an aromatic ring is 2. The Bertz CT molecular complexity index is 1830. The van der Waals surface area contributed by atoms with Crippen LogP contribution in [0.3, 0.4) is 0 Å². The fourth-order valence-electron chi connectivity index (χ4n) is 4.79. The first-order valence-corrected chi connectivity index (χ1v) is 18.9. The summed E-state index contributed by atoms with van der Waals surface area (Å²) in [5, 5.41) is 21.4. The molecule has 2 amide bonds. The molecule has 60 heavy (non-hydrogen) atoms. The Morgan fingerprint density at radius 3 is 0.933 bits per heavy atom. The predicted octanol–water partition coefficient (Wildman–Crippen LogP) is 7.74. The van der Waals surface area contributed by atoms with Crippen LogP contribution < -0.4 is 30.4 Å². The summed E-state index contributed by atoms with van der Waals surface area (Å²) in [6.07, 6.45) is -0.952. The van der Waals surface area contributed by atoms with Gasteiger partial charge in [0.2, 0.25) is 0 Å². The molecule has 0 bridgehead atoms. The molecule has 0 saturated heterocycles. The van der Waals surface area contributed by atoms with Crippen LogP contribution in [0.25, 0.3) is 0 Å². The first kappa shape index (κ1) is 47.4. The first-order valence-electron chi connectivity index (χ1n) is 18.9. The highest BCUT2D eigenvalue weighted by atomic mass is 16.6. The van der Waals surface area contributed by atoms with Crippen molar-refractivity contribution < 1.29 is 47.9 Å². The summed E-state index contributed by atoms with van der Waals surface area (Å²) in [6, 6.07) is 25.5. The number of nitrogens with two attached hydrogens (primary N) is 2. The number of rotatable bonds is 18. The Morgan fingerprint density at radius 2 is 0.717 bits per heavy atom.